The zero-order valence-corrected chi connectivity index (χ0v) is 10.9. The van der Waals surface area contributed by atoms with Gasteiger partial charge in [0.2, 0.25) is 0 Å². The number of hydrogen-bond donors (Lipinski definition) is 0. The Bertz CT molecular complexity index is 378. The first kappa shape index (κ1) is 12.2. The van der Waals surface area contributed by atoms with E-state index in [0.29, 0.717) is 0 Å². The van der Waals surface area contributed by atoms with Crippen LogP contribution in [-0.2, 0) is 0 Å². The van der Waals surface area contributed by atoms with Gasteiger partial charge in [0.1, 0.15) is 5.84 Å². The van der Waals surface area contributed by atoms with Crippen LogP contribution < -0.4 is 4.90 Å². The molecule has 0 spiro atoms. The minimum Gasteiger partial charge on any atom is -0.330 e. The van der Waals surface area contributed by atoms with Crippen molar-refractivity contribution in [2.75, 3.05) is 18.0 Å². The van der Waals surface area contributed by atoms with Gasteiger partial charge in [0.15, 0.2) is 0 Å². The van der Waals surface area contributed by atoms with Gasteiger partial charge in [0, 0.05) is 25.2 Å². The highest BCUT2D eigenvalue weighted by atomic mass is 15.2. The summed E-state index contributed by atoms with van der Waals surface area (Å²) in [6, 6.07) is 8.78. The average molecular weight is 230 g/mol. The summed E-state index contributed by atoms with van der Waals surface area (Å²) in [5.41, 5.74) is 2.61. The second-order valence-corrected chi connectivity index (χ2v) is 4.70. The molecule has 1 aliphatic heterocycles. The molecule has 2 heteroatoms. The monoisotopic (exact) mass is 230 g/mol. The first-order valence-corrected chi connectivity index (χ1v) is 6.69. The smallest absolute Gasteiger partial charge is 0.103 e. The van der Waals surface area contributed by atoms with E-state index in [1.807, 2.05) is 0 Å². The third-order valence-electron chi connectivity index (χ3n) is 3.31. The molecule has 0 radical (unpaired) electrons. The molecule has 0 aromatic heterocycles. The predicted octanol–water partition coefficient (Wildman–Crippen LogP) is 3.79. The maximum Gasteiger partial charge on any atom is 0.103 e. The number of aliphatic imine (C=N–C) groups is 1. The molecule has 1 heterocycles. The van der Waals surface area contributed by atoms with Crippen LogP contribution in [0.3, 0.4) is 0 Å². The maximum absolute atomic E-state index is 4.72. The van der Waals surface area contributed by atoms with E-state index >= 15 is 0 Å². The quantitative estimate of drug-likeness (QED) is 0.754. The molecule has 0 unspecified atom stereocenters. The standard InChI is InChI=1S/C15H22N2/c1-3-15-16-11-5-4-6-12-17(15)14-9-7-13(2)8-10-14/h7-10H,3-6,11-12H2,1-2H3. The fraction of sp³-hybridized carbons (Fsp3) is 0.533. The summed E-state index contributed by atoms with van der Waals surface area (Å²) in [5.74, 6) is 1.24. The first-order valence-electron chi connectivity index (χ1n) is 6.69. The number of anilines is 1. The molecule has 17 heavy (non-hydrogen) atoms. The van der Waals surface area contributed by atoms with E-state index in [9.17, 15) is 0 Å². The Kier molecular flexibility index (Phi) is 4.18. The van der Waals surface area contributed by atoms with E-state index in [1.54, 1.807) is 0 Å². The SMILES string of the molecule is CCC1=NCCCCCN1c1ccc(C)cc1. The van der Waals surface area contributed by atoms with Gasteiger partial charge in [-0.25, -0.2) is 0 Å². The van der Waals surface area contributed by atoms with E-state index in [-0.39, 0.29) is 0 Å². The summed E-state index contributed by atoms with van der Waals surface area (Å²) in [6.07, 6.45) is 4.83. The number of aryl methyl sites for hydroxylation is 1. The number of hydrogen-bond acceptors (Lipinski definition) is 2. The van der Waals surface area contributed by atoms with Crippen molar-refractivity contribution in [3.05, 3.63) is 29.8 Å². The van der Waals surface area contributed by atoms with Gasteiger partial charge < -0.3 is 4.90 Å². The highest BCUT2D eigenvalue weighted by molar-refractivity contribution is 5.97. The molecule has 0 bridgehead atoms. The second-order valence-electron chi connectivity index (χ2n) is 4.70. The lowest BCUT2D eigenvalue weighted by molar-refractivity contribution is 0.672. The largest absolute Gasteiger partial charge is 0.330 e. The van der Waals surface area contributed by atoms with Crippen molar-refractivity contribution in [2.45, 2.75) is 39.5 Å². The second kappa shape index (κ2) is 5.85. The topological polar surface area (TPSA) is 15.6 Å². The fourth-order valence-electron chi connectivity index (χ4n) is 2.29. The van der Waals surface area contributed by atoms with Crippen LogP contribution >= 0.6 is 0 Å². The molecule has 0 saturated heterocycles. The number of rotatable bonds is 2. The van der Waals surface area contributed by atoms with E-state index in [4.69, 9.17) is 4.99 Å². The summed E-state index contributed by atoms with van der Waals surface area (Å²) in [7, 11) is 0. The minimum atomic E-state index is 0.992. The van der Waals surface area contributed by atoms with Crippen molar-refractivity contribution in [1.82, 2.24) is 0 Å². The van der Waals surface area contributed by atoms with Crippen molar-refractivity contribution < 1.29 is 0 Å². The Morgan fingerprint density at radius 1 is 1.12 bits per heavy atom. The van der Waals surface area contributed by atoms with E-state index in [1.165, 1.54) is 36.3 Å². The molecule has 2 nitrogen and oxygen atoms in total. The summed E-state index contributed by atoms with van der Waals surface area (Å²) in [4.78, 5) is 7.11. The predicted molar refractivity (Wildman–Crippen MR) is 75.0 cm³/mol. The molecule has 0 atom stereocenters. The van der Waals surface area contributed by atoms with E-state index < -0.39 is 0 Å². The van der Waals surface area contributed by atoms with E-state index in [2.05, 4.69) is 43.0 Å². The van der Waals surface area contributed by atoms with Gasteiger partial charge in [0.25, 0.3) is 0 Å². The molecule has 0 fully saturated rings. The third-order valence-corrected chi connectivity index (χ3v) is 3.31. The molecule has 1 aromatic carbocycles. The van der Waals surface area contributed by atoms with Crippen LogP contribution in [0, 0.1) is 6.92 Å². The van der Waals surface area contributed by atoms with Gasteiger partial charge in [-0.15, -0.1) is 0 Å². The Balaban J connectivity index is 2.25. The summed E-state index contributed by atoms with van der Waals surface area (Å²) >= 11 is 0. The molecular weight excluding hydrogens is 208 g/mol. The lowest BCUT2D eigenvalue weighted by Crippen LogP contribution is -2.32. The molecule has 0 N–H and O–H groups in total. The lowest BCUT2D eigenvalue weighted by atomic mass is 10.1. The first-order chi connectivity index (χ1) is 8.31. The Morgan fingerprint density at radius 2 is 1.88 bits per heavy atom. The van der Waals surface area contributed by atoms with Crippen LogP contribution in [0.15, 0.2) is 29.3 Å². The zero-order valence-electron chi connectivity index (χ0n) is 10.9. The van der Waals surface area contributed by atoms with Gasteiger partial charge in [-0.05, 0) is 38.3 Å². The Hall–Kier alpha value is -1.31. The maximum atomic E-state index is 4.72. The Morgan fingerprint density at radius 3 is 2.59 bits per heavy atom. The van der Waals surface area contributed by atoms with Crippen LogP contribution in [-0.4, -0.2) is 18.9 Å². The third kappa shape index (κ3) is 3.09. The number of benzene rings is 1. The fourth-order valence-corrected chi connectivity index (χ4v) is 2.29. The Labute approximate surface area is 104 Å². The van der Waals surface area contributed by atoms with Gasteiger partial charge >= 0.3 is 0 Å². The van der Waals surface area contributed by atoms with Gasteiger partial charge in [-0.2, -0.15) is 0 Å². The average Bonchev–Trinajstić information content (AvgIpc) is 2.31. The van der Waals surface area contributed by atoms with Crippen molar-refractivity contribution in [1.29, 1.82) is 0 Å². The van der Waals surface area contributed by atoms with Crippen molar-refractivity contribution in [3.8, 4) is 0 Å². The van der Waals surface area contributed by atoms with E-state index in [0.717, 1.165) is 19.5 Å². The normalized spacial score (nSPS) is 17.3. The summed E-state index contributed by atoms with van der Waals surface area (Å²) in [5, 5.41) is 0. The van der Waals surface area contributed by atoms with Crippen LogP contribution in [0.4, 0.5) is 5.69 Å². The van der Waals surface area contributed by atoms with Crippen LogP contribution in [0.5, 0.6) is 0 Å². The molecule has 92 valence electrons. The number of amidine groups is 1. The molecule has 0 amide bonds. The van der Waals surface area contributed by atoms with Crippen LogP contribution in [0.1, 0.15) is 38.2 Å². The highest BCUT2D eigenvalue weighted by Crippen LogP contribution is 2.19. The molecule has 1 aromatic rings. The molecule has 1 aliphatic rings. The number of nitrogens with zero attached hydrogens (tertiary/aromatic N) is 2. The minimum absolute atomic E-state index is 0.992. The van der Waals surface area contributed by atoms with Crippen molar-refractivity contribution in [2.24, 2.45) is 4.99 Å². The highest BCUT2D eigenvalue weighted by Gasteiger charge is 2.13. The van der Waals surface area contributed by atoms with Gasteiger partial charge in [0.05, 0.1) is 0 Å². The summed E-state index contributed by atoms with van der Waals surface area (Å²) < 4.78 is 0. The van der Waals surface area contributed by atoms with Crippen LogP contribution in [0.25, 0.3) is 0 Å². The van der Waals surface area contributed by atoms with Crippen molar-refractivity contribution in [3.63, 3.8) is 0 Å². The molecule has 0 saturated carbocycles. The summed E-state index contributed by atoms with van der Waals surface area (Å²) in [6.45, 7) is 6.43. The van der Waals surface area contributed by atoms with Gasteiger partial charge in [-0.3, -0.25) is 4.99 Å². The van der Waals surface area contributed by atoms with Crippen LogP contribution in [0.2, 0.25) is 0 Å². The molecule has 0 aliphatic carbocycles. The van der Waals surface area contributed by atoms with Gasteiger partial charge in [-0.1, -0.05) is 24.6 Å². The lowest BCUT2D eigenvalue weighted by Gasteiger charge is -2.27. The molecule has 2 rings (SSSR count). The van der Waals surface area contributed by atoms with Crippen molar-refractivity contribution >= 4 is 11.5 Å². The molecular formula is C15H22N2. The zero-order chi connectivity index (χ0) is 12.1.